The number of nitrogens with one attached hydrogen (secondary N) is 1. The summed E-state index contributed by atoms with van der Waals surface area (Å²) in [7, 11) is 0. The van der Waals surface area contributed by atoms with Crippen LogP contribution in [0.25, 0.3) is 0 Å². The smallest absolute Gasteiger partial charge is 0.0167 e. The summed E-state index contributed by atoms with van der Waals surface area (Å²) < 4.78 is 0. The van der Waals surface area contributed by atoms with Crippen molar-refractivity contribution < 1.29 is 0 Å². The van der Waals surface area contributed by atoms with Gasteiger partial charge in [0.25, 0.3) is 0 Å². The molecule has 1 unspecified atom stereocenters. The Morgan fingerprint density at radius 1 is 1.36 bits per heavy atom. The standard InChI is InChI=1S/C12H26N2/c1-4-12(5-6-12)9-14-8-11(13)7-10(2)3/h10-11,14H,4-9,13H2,1-3H3. The first-order valence-corrected chi connectivity index (χ1v) is 6.04. The highest BCUT2D eigenvalue weighted by Gasteiger charge is 2.39. The van der Waals surface area contributed by atoms with Crippen LogP contribution in [-0.2, 0) is 0 Å². The Balaban J connectivity index is 2.03. The fourth-order valence-corrected chi connectivity index (χ4v) is 2.04. The van der Waals surface area contributed by atoms with E-state index in [-0.39, 0.29) is 0 Å². The normalized spacial score (nSPS) is 21.2. The van der Waals surface area contributed by atoms with E-state index in [2.05, 4.69) is 26.1 Å². The van der Waals surface area contributed by atoms with Gasteiger partial charge >= 0.3 is 0 Å². The quantitative estimate of drug-likeness (QED) is 0.658. The van der Waals surface area contributed by atoms with Crippen molar-refractivity contribution in [3.63, 3.8) is 0 Å². The molecule has 3 N–H and O–H groups in total. The van der Waals surface area contributed by atoms with Crippen LogP contribution in [0.4, 0.5) is 0 Å². The van der Waals surface area contributed by atoms with E-state index in [1.54, 1.807) is 0 Å². The number of rotatable bonds is 7. The Hall–Kier alpha value is -0.0800. The molecule has 0 aromatic heterocycles. The first-order chi connectivity index (χ1) is 6.58. The zero-order chi connectivity index (χ0) is 10.6. The molecule has 0 aliphatic heterocycles. The lowest BCUT2D eigenvalue weighted by molar-refractivity contribution is 0.409. The molecule has 0 spiro atoms. The number of hydrogen-bond donors (Lipinski definition) is 2. The average Bonchev–Trinajstić information content (AvgIpc) is 2.84. The van der Waals surface area contributed by atoms with E-state index < -0.39 is 0 Å². The van der Waals surface area contributed by atoms with Crippen LogP contribution < -0.4 is 11.1 Å². The summed E-state index contributed by atoms with van der Waals surface area (Å²) in [6.07, 6.45) is 5.28. The lowest BCUT2D eigenvalue weighted by Crippen LogP contribution is -2.37. The molecule has 0 amide bonds. The molecular weight excluding hydrogens is 172 g/mol. The van der Waals surface area contributed by atoms with Gasteiger partial charge in [0.2, 0.25) is 0 Å². The third kappa shape index (κ3) is 3.97. The molecule has 2 heteroatoms. The second-order valence-corrected chi connectivity index (χ2v) is 5.37. The Bertz CT molecular complexity index is 162. The van der Waals surface area contributed by atoms with Gasteiger partial charge in [-0.2, -0.15) is 0 Å². The molecule has 1 fully saturated rings. The molecule has 1 aliphatic carbocycles. The van der Waals surface area contributed by atoms with Crippen LogP contribution >= 0.6 is 0 Å². The summed E-state index contributed by atoms with van der Waals surface area (Å²) in [4.78, 5) is 0. The predicted octanol–water partition coefficient (Wildman–Crippen LogP) is 2.14. The maximum atomic E-state index is 6.00. The highest BCUT2D eigenvalue weighted by molar-refractivity contribution is 4.93. The minimum atomic E-state index is 0.336. The van der Waals surface area contributed by atoms with Gasteiger partial charge in [0.15, 0.2) is 0 Å². The summed E-state index contributed by atoms with van der Waals surface area (Å²) in [5.41, 5.74) is 6.65. The first kappa shape index (κ1) is 12.0. The molecule has 0 radical (unpaired) electrons. The van der Waals surface area contributed by atoms with Crippen molar-refractivity contribution in [2.45, 2.75) is 52.5 Å². The highest BCUT2D eigenvalue weighted by atomic mass is 14.9. The van der Waals surface area contributed by atoms with Crippen LogP contribution in [0.15, 0.2) is 0 Å². The lowest BCUT2D eigenvalue weighted by atomic mass is 10.0. The topological polar surface area (TPSA) is 38.0 Å². The van der Waals surface area contributed by atoms with Crippen LogP contribution in [0, 0.1) is 11.3 Å². The van der Waals surface area contributed by atoms with E-state index in [0.717, 1.165) is 13.0 Å². The maximum Gasteiger partial charge on any atom is 0.0167 e. The summed E-state index contributed by atoms with van der Waals surface area (Å²) >= 11 is 0. The molecule has 0 bridgehead atoms. The maximum absolute atomic E-state index is 6.00. The molecule has 2 nitrogen and oxygen atoms in total. The Kier molecular flexibility index (Phi) is 4.39. The van der Waals surface area contributed by atoms with Gasteiger partial charge in [0.05, 0.1) is 0 Å². The largest absolute Gasteiger partial charge is 0.327 e. The van der Waals surface area contributed by atoms with Crippen LogP contribution in [-0.4, -0.2) is 19.1 Å². The Labute approximate surface area is 88.6 Å². The highest BCUT2D eigenvalue weighted by Crippen LogP contribution is 2.47. The van der Waals surface area contributed by atoms with E-state index in [9.17, 15) is 0 Å². The summed E-state index contributed by atoms with van der Waals surface area (Å²) in [6.45, 7) is 8.92. The van der Waals surface area contributed by atoms with Gasteiger partial charge in [0.1, 0.15) is 0 Å². The Morgan fingerprint density at radius 2 is 2.00 bits per heavy atom. The zero-order valence-electron chi connectivity index (χ0n) is 9.97. The number of nitrogens with two attached hydrogens (primary N) is 1. The molecular formula is C12H26N2. The summed E-state index contributed by atoms with van der Waals surface area (Å²) in [6, 6.07) is 0.336. The van der Waals surface area contributed by atoms with Gasteiger partial charge in [-0.15, -0.1) is 0 Å². The molecule has 0 aromatic carbocycles. The molecule has 1 saturated carbocycles. The van der Waals surface area contributed by atoms with Crippen LogP contribution in [0.5, 0.6) is 0 Å². The Morgan fingerprint density at radius 3 is 2.43 bits per heavy atom. The molecule has 0 heterocycles. The second-order valence-electron chi connectivity index (χ2n) is 5.37. The summed E-state index contributed by atoms with van der Waals surface area (Å²) in [5.74, 6) is 0.716. The fraction of sp³-hybridized carbons (Fsp3) is 1.00. The van der Waals surface area contributed by atoms with Crippen LogP contribution in [0.1, 0.15) is 46.5 Å². The van der Waals surface area contributed by atoms with E-state index in [1.165, 1.54) is 25.8 Å². The van der Waals surface area contributed by atoms with Gasteiger partial charge in [-0.3, -0.25) is 0 Å². The zero-order valence-corrected chi connectivity index (χ0v) is 9.97. The van der Waals surface area contributed by atoms with Crippen molar-refractivity contribution in [3.8, 4) is 0 Å². The van der Waals surface area contributed by atoms with Crippen molar-refractivity contribution in [2.75, 3.05) is 13.1 Å². The fourth-order valence-electron chi connectivity index (χ4n) is 2.04. The van der Waals surface area contributed by atoms with Crippen molar-refractivity contribution in [1.29, 1.82) is 0 Å². The molecule has 0 aromatic rings. The molecule has 1 atom stereocenters. The summed E-state index contributed by atoms with van der Waals surface area (Å²) in [5, 5.41) is 3.52. The van der Waals surface area contributed by atoms with Crippen molar-refractivity contribution in [3.05, 3.63) is 0 Å². The minimum absolute atomic E-state index is 0.336. The van der Waals surface area contributed by atoms with Crippen LogP contribution in [0.2, 0.25) is 0 Å². The third-order valence-electron chi connectivity index (χ3n) is 3.39. The van der Waals surface area contributed by atoms with E-state index >= 15 is 0 Å². The predicted molar refractivity (Wildman–Crippen MR) is 62.3 cm³/mol. The third-order valence-corrected chi connectivity index (χ3v) is 3.39. The monoisotopic (exact) mass is 198 g/mol. The van der Waals surface area contributed by atoms with Crippen molar-refractivity contribution >= 4 is 0 Å². The van der Waals surface area contributed by atoms with E-state index in [0.29, 0.717) is 17.4 Å². The molecule has 14 heavy (non-hydrogen) atoms. The van der Waals surface area contributed by atoms with Gasteiger partial charge in [-0.05, 0) is 37.0 Å². The van der Waals surface area contributed by atoms with Crippen molar-refractivity contribution in [1.82, 2.24) is 5.32 Å². The van der Waals surface area contributed by atoms with Gasteiger partial charge in [0, 0.05) is 19.1 Å². The molecule has 1 rings (SSSR count). The second kappa shape index (κ2) is 5.13. The molecule has 1 aliphatic rings. The SMILES string of the molecule is CCC1(CNCC(N)CC(C)C)CC1. The minimum Gasteiger partial charge on any atom is -0.327 e. The first-order valence-electron chi connectivity index (χ1n) is 6.04. The molecule has 84 valence electrons. The van der Waals surface area contributed by atoms with Crippen molar-refractivity contribution in [2.24, 2.45) is 17.1 Å². The van der Waals surface area contributed by atoms with Gasteiger partial charge in [-0.25, -0.2) is 0 Å². The van der Waals surface area contributed by atoms with Crippen LogP contribution in [0.3, 0.4) is 0 Å². The molecule has 0 saturated heterocycles. The number of hydrogen-bond acceptors (Lipinski definition) is 2. The lowest BCUT2D eigenvalue weighted by Gasteiger charge is -2.18. The average molecular weight is 198 g/mol. The van der Waals surface area contributed by atoms with E-state index in [4.69, 9.17) is 5.73 Å². The van der Waals surface area contributed by atoms with Gasteiger partial charge < -0.3 is 11.1 Å². The van der Waals surface area contributed by atoms with E-state index in [1.807, 2.05) is 0 Å². The van der Waals surface area contributed by atoms with Gasteiger partial charge in [-0.1, -0.05) is 20.8 Å².